The topological polar surface area (TPSA) is 104 Å². The van der Waals surface area contributed by atoms with Crippen LogP contribution in [0.4, 0.5) is 11.5 Å². The number of rotatable bonds is 4. The summed E-state index contributed by atoms with van der Waals surface area (Å²) in [5.74, 6) is 1.94. The highest BCUT2D eigenvalue weighted by molar-refractivity contribution is 5.57. The van der Waals surface area contributed by atoms with Crippen LogP contribution in [-0.2, 0) is 0 Å². The van der Waals surface area contributed by atoms with E-state index in [2.05, 4.69) is 15.9 Å². The molecule has 7 heteroatoms. The molecule has 1 heterocycles. The van der Waals surface area contributed by atoms with Crippen molar-refractivity contribution in [2.45, 2.75) is 6.42 Å². The molecule has 15 heavy (non-hydrogen) atoms. The predicted molar refractivity (Wildman–Crippen MR) is 52.0 cm³/mol. The summed E-state index contributed by atoms with van der Waals surface area (Å²) >= 11 is 0. The summed E-state index contributed by atoms with van der Waals surface area (Å²) in [5, 5.41) is 10.6. The maximum Gasteiger partial charge on any atom is 0.372 e. The van der Waals surface area contributed by atoms with Gasteiger partial charge in [-0.2, -0.15) is 4.98 Å². The van der Waals surface area contributed by atoms with E-state index in [-0.39, 0.29) is 18.3 Å². The highest BCUT2D eigenvalue weighted by Gasteiger charge is 2.21. The average Bonchev–Trinajstić information content (AvgIpc) is 2.17. The average molecular weight is 208 g/mol. The van der Waals surface area contributed by atoms with Crippen LogP contribution in [-0.4, -0.2) is 21.5 Å². The van der Waals surface area contributed by atoms with Crippen LogP contribution in [0.1, 0.15) is 6.42 Å². The Hall–Kier alpha value is -2.36. The van der Waals surface area contributed by atoms with Crippen LogP contribution < -0.4 is 10.5 Å². The molecule has 0 saturated carbocycles. The van der Waals surface area contributed by atoms with Crippen molar-refractivity contribution in [2.75, 3.05) is 12.3 Å². The first kappa shape index (κ1) is 10.7. The SMILES string of the molecule is C#CCCOc1ncnc(N)c1[N+](=O)[O-]. The number of nitrogens with two attached hydrogens (primary N) is 1. The van der Waals surface area contributed by atoms with Gasteiger partial charge in [0.05, 0.1) is 4.92 Å². The molecule has 2 N–H and O–H groups in total. The lowest BCUT2D eigenvalue weighted by Crippen LogP contribution is -2.05. The second-order valence-electron chi connectivity index (χ2n) is 2.47. The predicted octanol–water partition coefficient (Wildman–Crippen LogP) is 0.369. The van der Waals surface area contributed by atoms with Gasteiger partial charge < -0.3 is 10.5 Å². The van der Waals surface area contributed by atoms with Crippen molar-refractivity contribution in [1.29, 1.82) is 0 Å². The van der Waals surface area contributed by atoms with Gasteiger partial charge in [0.25, 0.3) is 5.88 Å². The van der Waals surface area contributed by atoms with Gasteiger partial charge >= 0.3 is 5.69 Å². The smallest absolute Gasteiger partial charge is 0.372 e. The molecule has 1 rings (SSSR count). The van der Waals surface area contributed by atoms with Crippen LogP contribution in [0.25, 0.3) is 0 Å². The molecule has 0 bridgehead atoms. The quantitative estimate of drug-likeness (QED) is 0.331. The Bertz CT molecular complexity index is 413. The maximum atomic E-state index is 10.6. The fourth-order valence-electron chi connectivity index (χ4n) is 0.859. The van der Waals surface area contributed by atoms with Crippen molar-refractivity contribution in [3.8, 4) is 18.2 Å². The van der Waals surface area contributed by atoms with E-state index in [0.717, 1.165) is 6.33 Å². The number of nitro groups is 1. The number of hydrogen-bond donors (Lipinski definition) is 1. The summed E-state index contributed by atoms with van der Waals surface area (Å²) < 4.78 is 5.00. The Morgan fingerprint density at radius 2 is 2.40 bits per heavy atom. The fraction of sp³-hybridized carbons (Fsp3) is 0.250. The van der Waals surface area contributed by atoms with Gasteiger partial charge in [-0.1, -0.05) is 0 Å². The van der Waals surface area contributed by atoms with Crippen LogP contribution in [0, 0.1) is 22.5 Å². The van der Waals surface area contributed by atoms with Gasteiger partial charge in [0.2, 0.25) is 5.82 Å². The van der Waals surface area contributed by atoms with E-state index >= 15 is 0 Å². The molecule has 0 amide bonds. The number of hydrogen-bond acceptors (Lipinski definition) is 6. The van der Waals surface area contributed by atoms with Gasteiger partial charge in [-0.3, -0.25) is 10.1 Å². The van der Waals surface area contributed by atoms with Gasteiger partial charge in [-0.25, -0.2) is 4.98 Å². The number of nitrogens with zero attached hydrogens (tertiary/aromatic N) is 3. The Morgan fingerprint density at radius 3 is 3.00 bits per heavy atom. The Balaban J connectivity index is 2.92. The Morgan fingerprint density at radius 1 is 1.67 bits per heavy atom. The van der Waals surface area contributed by atoms with Crippen LogP contribution in [0.3, 0.4) is 0 Å². The van der Waals surface area contributed by atoms with Crippen molar-refractivity contribution >= 4 is 11.5 Å². The largest absolute Gasteiger partial charge is 0.472 e. The molecule has 1 aromatic rings. The molecule has 0 aliphatic carbocycles. The molecule has 0 saturated heterocycles. The van der Waals surface area contributed by atoms with E-state index in [1.54, 1.807) is 0 Å². The third-order valence-corrected chi connectivity index (χ3v) is 1.48. The molecule has 0 radical (unpaired) electrons. The van der Waals surface area contributed by atoms with Crippen LogP contribution in [0.15, 0.2) is 6.33 Å². The molecule has 7 nitrogen and oxygen atoms in total. The van der Waals surface area contributed by atoms with Gasteiger partial charge in [-0.05, 0) is 0 Å². The number of nitrogen functional groups attached to an aromatic ring is 1. The zero-order valence-electron chi connectivity index (χ0n) is 7.71. The minimum Gasteiger partial charge on any atom is -0.472 e. The molecule has 0 atom stereocenters. The normalized spacial score (nSPS) is 9.27. The van der Waals surface area contributed by atoms with E-state index in [0.29, 0.717) is 6.42 Å². The summed E-state index contributed by atoms with van der Waals surface area (Å²) in [5.41, 5.74) is 4.88. The molecule has 78 valence electrons. The first-order valence-electron chi connectivity index (χ1n) is 3.98. The summed E-state index contributed by atoms with van der Waals surface area (Å²) in [4.78, 5) is 17.0. The number of terminal acetylenes is 1. The van der Waals surface area contributed by atoms with Gasteiger partial charge in [0.15, 0.2) is 0 Å². The number of aromatic nitrogens is 2. The molecular formula is C8H8N4O3. The third-order valence-electron chi connectivity index (χ3n) is 1.48. The fourth-order valence-corrected chi connectivity index (χ4v) is 0.859. The zero-order valence-corrected chi connectivity index (χ0v) is 7.71. The zero-order chi connectivity index (χ0) is 11.3. The standard InChI is InChI=1S/C8H8N4O3/c1-2-3-4-15-8-6(12(13)14)7(9)10-5-11-8/h1,5H,3-4H2,(H2,9,10,11). The van der Waals surface area contributed by atoms with Gasteiger partial charge in [-0.15, -0.1) is 12.3 Å². The lowest BCUT2D eigenvalue weighted by Gasteiger charge is -2.03. The Labute approximate surface area is 85.4 Å². The number of anilines is 1. The van der Waals surface area contributed by atoms with E-state index in [1.807, 2.05) is 0 Å². The molecule has 0 unspecified atom stereocenters. The van der Waals surface area contributed by atoms with Gasteiger partial charge in [0.1, 0.15) is 12.9 Å². The summed E-state index contributed by atoms with van der Waals surface area (Å²) in [6.07, 6.45) is 6.42. The molecule has 1 aromatic heterocycles. The lowest BCUT2D eigenvalue weighted by atomic mass is 10.4. The molecule has 0 aliphatic heterocycles. The van der Waals surface area contributed by atoms with Gasteiger partial charge in [0, 0.05) is 6.42 Å². The highest BCUT2D eigenvalue weighted by Crippen LogP contribution is 2.28. The monoisotopic (exact) mass is 208 g/mol. The first-order chi connectivity index (χ1) is 7.16. The molecular weight excluding hydrogens is 200 g/mol. The maximum absolute atomic E-state index is 10.6. The van der Waals surface area contributed by atoms with Crippen molar-refractivity contribution in [1.82, 2.24) is 9.97 Å². The Kier molecular flexibility index (Phi) is 3.40. The summed E-state index contributed by atoms with van der Waals surface area (Å²) in [7, 11) is 0. The molecule has 0 aliphatic rings. The van der Waals surface area contributed by atoms with E-state index < -0.39 is 10.6 Å². The first-order valence-corrected chi connectivity index (χ1v) is 3.98. The van der Waals surface area contributed by atoms with Crippen LogP contribution >= 0.6 is 0 Å². The minimum absolute atomic E-state index is 0.147. The second kappa shape index (κ2) is 4.76. The highest BCUT2D eigenvalue weighted by atomic mass is 16.6. The summed E-state index contributed by atoms with van der Waals surface area (Å²) in [6.45, 7) is 0.147. The second-order valence-corrected chi connectivity index (χ2v) is 2.47. The molecule has 0 fully saturated rings. The van der Waals surface area contributed by atoms with Crippen molar-refractivity contribution < 1.29 is 9.66 Å². The van der Waals surface area contributed by atoms with E-state index in [9.17, 15) is 10.1 Å². The number of ether oxygens (including phenoxy) is 1. The molecule has 0 spiro atoms. The van der Waals surface area contributed by atoms with Crippen molar-refractivity contribution in [2.24, 2.45) is 0 Å². The van der Waals surface area contributed by atoms with Crippen LogP contribution in [0.5, 0.6) is 5.88 Å². The third kappa shape index (κ3) is 2.54. The minimum atomic E-state index is -0.694. The lowest BCUT2D eigenvalue weighted by molar-refractivity contribution is -0.385. The van der Waals surface area contributed by atoms with Crippen LogP contribution in [0.2, 0.25) is 0 Å². The molecule has 0 aromatic carbocycles. The van der Waals surface area contributed by atoms with E-state index in [1.165, 1.54) is 0 Å². The van der Waals surface area contributed by atoms with Crippen molar-refractivity contribution in [3.05, 3.63) is 16.4 Å². The summed E-state index contributed by atoms with van der Waals surface area (Å²) in [6, 6.07) is 0. The van der Waals surface area contributed by atoms with E-state index in [4.69, 9.17) is 16.9 Å². The van der Waals surface area contributed by atoms with Crippen molar-refractivity contribution in [3.63, 3.8) is 0 Å².